The summed E-state index contributed by atoms with van der Waals surface area (Å²) in [6.07, 6.45) is 1.71. The maximum absolute atomic E-state index is 12.6. The number of amides is 1. The van der Waals surface area contributed by atoms with Crippen molar-refractivity contribution in [3.8, 4) is 11.4 Å². The topological polar surface area (TPSA) is 59.8 Å². The van der Waals surface area contributed by atoms with Gasteiger partial charge in [-0.1, -0.05) is 46.3 Å². The van der Waals surface area contributed by atoms with Crippen LogP contribution in [0.3, 0.4) is 0 Å². The third-order valence-corrected chi connectivity index (χ3v) is 4.49. The molecule has 0 fully saturated rings. The van der Waals surface area contributed by atoms with Gasteiger partial charge in [0.05, 0.1) is 0 Å². The molecule has 1 amide bonds. The predicted octanol–water partition coefficient (Wildman–Crippen LogP) is 4.50. The average Bonchev–Trinajstić information content (AvgIpc) is 3.02. The summed E-state index contributed by atoms with van der Waals surface area (Å²) in [4.78, 5) is 21.7. The van der Waals surface area contributed by atoms with E-state index in [0.29, 0.717) is 5.65 Å². The molecule has 2 aromatic carbocycles. The average molecular weight is 407 g/mol. The van der Waals surface area contributed by atoms with Crippen molar-refractivity contribution < 1.29 is 4.79 Å². The zero-order valence-electron chi connectivity index (χ0n) is 13.8. The number of para-hydroxylation sites is 1. The Labute approximate surface area is 158 Å². The Bertz CT molecular complexity index is 1060. The Kier molecular flexibility index (Phi) is 4.50. The quantitative estimate of drug-likeness (QED) is 0.542. The van der Waals surface area contributed by atoms with Crippen LogP contribution in [0.15, 0.2) is 77.4 Å². The maximum Gasteiger partial charge on any atom is 0.244 e. The van der Waals surface area contributed by atoms with Crippen LogP contribution >= 0.6 is 15.9 Å². The molecule has 4 aromatic rings. The van der Waals surface area contributed by atoms with E-state index < -0.39 is 0 Å². The van der Waals surface area contributed by atoms with E-state index in [9.17, 15) is 4.79 Å². The van der Waals surface area contributed by atoms with E-state index in [4.69, 9.17) is 0 Å². The van der Waals surface area contributed by atoms with Gasteiger partial charge < -0.3 is 5.32 Å². The summed E-state index contributed by atoms with van der Waals surface area (Å²) in [7, 11) is 0. The van der Waals surface area contributed by atoms with Gasteiger partial charge >= 0.3 is 0 Å². The number of carbonyl (C=O) groups is 1. The molecule has 0 bridgehead atoms. The fraction of sp³-hybridized carbons (Fsp3) is 0.0500. The summed E-state index contributed by atoms with van der Waals surface area (Å²) in [5.41, 5.74) is 3.14. The molecular formula is C20H15BrN4O. The Morgan fingerprint density at radius 3 is 2.54 bits per heavy atom. The van der Waals surface area contributed by atoms with Gasteiger partial charge in [0, 0.05) is 21.9 Å². The first kappa shape index (κ1) is 16.5. The van der Waals surface area contributed by atoms with Gasteiger partial charge in [0.15, 0.2) is 5.65 Å². The number of imidazole rings is 1. The molecule has 0 saturated heterocycles. The third kappa shape index (κ3) is 3.36. The number of aromatic nitrogens is 3. The number of nitrogens with one attached hydrogen (secondary N) is 1. The summed E-state index contributed by atoms with van der Waals surface area (Å²) >= 11 is 3.44. The normalized spacial score (nSPS) is 10.8. The highest BCUT2D eigenvalue weighted by atomic mass is 79.9. The Morgan fingerprint density at radius 2 is 1.77 bits per heavy atom. The van der Waals surface area contributed by atoms with Gasteiger partial charge in [-0.3, -0.25) is 9.36 Å². The molecule has 0 radical (unpaired) electrons. The van der Waals surface area contributed by atoms with E-state index in [2.05, 4.69) is 31.2 Å². The molecule has 0 aliphatic heterocycles. The molecule has 0 saturated carbocycles. The lowest BCUT2D eigenvalue weighted by molar-refractivity contribution is -0.116. The number of hydrogen-bond donors (Lipinski definition) is 1. The van der Waals surface area contributed by atoms with Crippen LogP contribution in [0.25, 0.3) is 22.6 Å². The van der Waals surface area contributed by atoms with Crippen molar-refractivity contribution >= 4 is 38.7 Å². The Hall–Kier alpha value is -2.99. The monoisotopic (exact) mass is 406 g/mol. The van der Waals surface area contributed by atoms with Crippen molar-refractivity contribution in [3.63, 3.8) is 0 Å². The fourth-order valence-corrected chi connectivity index (χ4v) is 3.06. The molecule has 2 aromatic heterocycles. The fourth-order valence-electron chi connectivity index (χ4n) is 2.79. The molecule has 6 heteroatoms. The number of rotatable bonds is 4. The predicted molar refractivity (Wildman–Crippen MR) is 106 cm³/mol. The largest absolute Gasteiger partial charge is 0.325 e. The molecule has 0 unspecified atom stereocenters. The lowest BCUT2D eigenvalue weighted by atomic mass is 10.2. The maximum atomic E-state index is 12.6. The standard InChI is InChI=1S/C20H15BrN4O/c21-15-10-8-14(9-11-15)19-24-17-7-4-12-22-20(17)25(19)13-18(26)23-16-5-2-1-3-6-16/h1-12H,13H2,(H,23,26). The first-order valence-corrected chi connectivity index (χ1v) is 8.92. The van der Waals surface area contributed by atoms with Crippen molar-refractivity contribution in [2.45, 2.75) is 6.54 Å². The van der Waals surface area contributed by atoms with E-state index in [0.717, 1.165) is 27.1 Å². The summed E-state index contributed by atoms with van der Waals surface area (Å²) in [6, 6.07) is 21.0. The van der Waals surface area contributed by atoms with E-state index in [1.54, 1.807) is 6.20 Å². The van der Waals surface area contributed by atoms with E-state index >= 15 is 0 Å². The molecule has 0 aliphatic rings. The Balaban J connectivity index is 1.72. The minimum Gasteiger partial charge on any atom is -0.325 e. The van der Waals surface area contributed by atoms with Crippen molar-refractivity contribution in [1.29, 1.82) is 0 Å². The summed E-state index contributed by atoms with van der Waals surface area (Å²) < 4.78 is 2.83. The molecule has 4 rings (SSSR count). The summed E-state index contributed by atoms with van der Waals surface area (Å²) in [6.45, 7) is 0.133. The number of pyridine rings is 1. The van der Waals surface area contributed by atoms with Crippen LogP contribution in [-0.4, -0.2) is 20.4 Å². The van der Waals surface area contributed by atoms with Crippen LogP contribution in [-0.2, 0) is 11.3 Å². The first-order chi connectivity index (χ1) is 12.7. The smallest absolute Gasteiger partial charge is 0.244 e. The molecule has 0 spiro atoms. The van der Waals surface area contributed by atoms with E-state index in [-0.39, 0.29) is 12.5 Å². The molecule has 128 valence electrons. The highest BCUT2D eigenvalue weighted by Gasteiger charge is 2.16. The third-order valence-electron chi connectivity index (χ3n) is 3.97. The highest BCUT2D eigenvalue weighted by Crippen LogP contribution is 2.25. The zero-order chi connectivity index (χ0) is 17.9. The van der Waals surface area contributed by atoms with E-state index in [1.165, 1.54) is 0 Å². The minimum absolute atomic E-state index is 0.125. The number of hydrogen-bond acceptors (Lipinski definition) is 3. The number of anilines is 1. The minimum atomic E-state index is -0.125. The number of carbonyl (C=O) groups excluding carboxylic acids is 1. The zero-order valence-corrected chi connectivity index (χ0v) is 15.3. The van der Waals surface area contributed by atoms with Crippen LogP contribution in [0.5, 0.6) is 0 Å². The van der Waals surface area contributed by atoms with Crippen LogP contribution in [0.2, 0.25) is 0 Å². The second-order valence-corrected chi connectivity index (χ2v) is 6.70. The molecule has 0 aliphatic carbocycles. The van der Waals surface area contributed by atoms with Gasteiger partial charge in [-0.15, -0.1) is 0 Å². The van der Waals surface area contributed by atoms with Crippen LogP contribution < -0.4 is 5.32 Å². The lowest BCUT2D eigenvalue weighted by Crippen LogP contribution is -2.19. The number of fused-ring (bicyclic) bond motifs is 1. The highest BCUT2D eigenvalue weighted by molar-refractivity contribution is 9.10. The number of halogens is 1. The molecule has 2 heterocycles. The SMILES string of the molecule is O=C(Cn1c(-c2ccc(Br)cc2)nc2cccnc21)Nc1ccccc1. The van der Waals surface area contributed by atoms with Crippen molar-refractivity contribution in [2.75, 3.05) is 5.32 Å². The van der Waals surface area contributed by atoms with Gasteiger partial charge in [0.25, 0.3) is 0 Å². The van der Waals surface area contributed by atoms with Crippen molar-refractivity contribution in [1.82, 2.24) is 14.5 Å². The molecule has 26 heavy (non-hydrogen) atoms. The number of nitrogens with zero attached hydrogens (tertiary/aromatic N) is 3. The first-order valence-electron chi connectivity index (χ1n) is 8.13. The second-order valence-electron chi connectivity index (χ2n) is 5.79. The summed E-state index contributed by atoms with van der Waals surface area (Å²) in [5.74, 6) is 0.592. The lowest BCUT2D eigenvalue weighted by Gasteiger charge is -2.10. The van der Waals surface area contributed by atoms with Gasteiger partial charge in [-0.25, -0.2) is 9.97 Å². The van der Waals surface area contributed by atoms with Crippen molar-refractivity contribution in [2.24, 2.45) is 0 Å². The summed E-state index contributed by atoms with van der Waals surface area (Å²) in [5, 5.41) is 2.91. The Morgan fingerprint density at radius 1 is 1.00 bits per heavy atom. The van der Waals surface area contributed by atoms with Gasteiger partial charge in [-0.05, 0) is 36.4 Å². The van der Waals surface area contributed by atoms with Crippen LogP contribution in [0.4, 0.5) is 5.69 Å². The van der Waals surface area contributed by atoms with Crippen LogP contribution in [0.1, 0.15) is 0 Å². The molecule has 0 atom stereocenters. The second kappa shape index (κ2) is 7.09. The molecule has 5 nitrogen and oxygen atoms in total. The van der Waals surface area contributed by atoms with Gasteiger partial charge in [-0.2, -0.15) is 0 Å². The van der Waals surface area contributed by atoms with Gasteiger partial charge in [0.2, 0.25) is 5.91 Å². The van der Waals surface area contributed by atoms with E-state index in [1.807, 2.05) is 71.3 Å². The van der Waals surface area contributed by atoms with Gasteiger partial charge in [0.1, 0.15) is 17.9 Å². The molecular weight excluding hydrogens is 392 g/mol. The van der Waals surface area contributed by atoms with Crippen molar-refractivity contribution in [3.05, 3.63) is 77.4 Å². The number of benzene rings is 2. The molecule has 1 N–H and O–H groups in total. The van der Waals surface area contributed by atoms with Crippen LogP contribution in [0, 0.1) is 0 Å².